The molecule has 2 aliphatic heterocycles. The number of hydrogen-bond acceptors (Lipinski definition) is 5. The normalized spacial score (nSPS) is 20.8. The highest BCUT2D eigenvalue weighted by Gasteiger charge is 2.41. The second kappa shape index (κ2) is 17.7. The van der Waals surface area contributed by atoms with Crippen molar-refractivity contribution in [3.05, 3.63) is 54.1 Å². The second-order valence-corrected chi connectivity index (χ2v) is 11.5. The maximum absolute atomic E-state index is 6.43. The standard InChI is InChI=1S/C34H51BO5/c1-3-5-7-9-10-11-12-14-26-37-31-21-17-29(18-22-31)35-38-27-34-33(40-35)24-23-32(39-34)28-15-19-30(20-16-28)36-25-13-8-6-4-2/h15-22,32-34H,3-14,23-27H2,1-2H3/t32-,33+,34-/m1/s1. The zero-order valence-electron chi connectivity index (χ0n) is 25.0. The summed E-state index contributed by atoms with van der Waals surface area (Å²) in [6.07, 6.45) is 17.3. The van der Waals surface area contributed by atoms with Crippen LogP contribution in [0.5, 0.6) is 11.5 Å². The van der Waals surface area contributed by atoms with Crippen molar-refractivity contribution in [1.29, 1.82) is 0 Å². The van der Waals surface area contributed by atoms with Crippen molar-refractivity contribution in [2.24, 2.45) is 0 Å². The van der Waals surface area contributed by atoms with Crippen LogP contribution in [0, 0.1) is 0 Å². The number of hydrogen-bond donors (Lipinski definition) is 0. The molecule has 0 saturated carbocycles. The highest BCUT2D eigenvalue weighted by molar-refractivity contribution is 6.61. The summed E-state index contributed by atoms with van der Waals surface area (Å²) in [5, 5.41) is 0. The molecule has 5 nitrogen and oxygen atoms in total. The molecule has 40 heavy (non-hydrogen) atoms. The summed E-state index contributed by atoms with van der Waals surface area (Å²) < 4.78 is 30.7. The minimum absolute atomic E-state index is 0.0428. The molecule has 0 N–H and O–H groups in total. The predicted molar refractivity (Wildman–Crippen MR) is 164 cm³/mol. The first-order chi connectivity index (χ1) is 19.8. The van der Waals surface area contributed by atoms with E-state index in [4.69, 9.17) is 23.5 Å². The van der Waals surface area contributed by atoms with E-state index in [2.05, 4.69) is 50.2 Å². The van der Waals surface area contributed by atoms with E-state index in [0.717, 1.165) is 55.9 Å². The summed E-state index contributed by atoms with van der Waals surface area (Å²) in [5.41, 5.74) is 2.23. The second-order valence-electron chi connectivity index (χ2n) is 11.5. The molecule has 220 valence electrons. The van der Waals surface area contributed by atoms with Gasteiger partial charge in [-0.1, -0.05) is 102 Å². The van der Waals surface area contributed by atoms with Gasteiger partial charge in [-0.25, -0.2) is 0 Å². The average molecular weight is 551 g/mol. The van der Waals surface area contributed by atoms with Gasteiger partial charge in [0, 0.05) is 0 Å². The highest BCUT2D eigenvalue weighted by atomic mass is 16.6. The summed E-state index contributed by atoms with van der Waals surface area (Å²) >= 11 is 0. The van der Waals surface area contributed by atoms with Crippen LogP contribution in [-0.2, 0) is 14.0 Å². The van der Waals surface area contributed by atoms with Gasteiger partial charge in [0.05, 0.1) is 32.0 Å². The van der Waals surface area contributed by atoms with Crippen molar-refractivity contribution < 1.29 is 23.5 Å². The Morgan fingerprint density at radius 1 is 0.650 bits per heavy atom. The van der Waals surface area contributed by atoms with Gasteiger partial charge in [0.1, 0.15) is 17.6 Å². The molecule has 0 spiro atoms. The zero-order chi connectivity index (χ0) is 27.8. The van der Waals surface area contributed by atoms with Gasteiger partial charge in [-0.15, -0.1) is 0 Å². The first kappa shape index (κ1) is 30.9. The molecule has 3 atom stereocenters. The van der Waals surface area contributed by atoms with Crippen molar-refractivity contribution >= 4 is 12.6 Å². The molecule has 0 amide bonds. The molecule has 2 fully saturated rings. The van der Waals surface area contributed by atoms with Gasteiger partial charge in [0.15, 0.2) is 0 Å². The van der Waals surface area contributed by atoms with Crippen LogP contribution in [0.1, 0.15) is 115 Å². The van der Waals surface area contributed by atoms with Crippen LogP contribution in [0.15, 0.2) is 48.5 Å². The van der Waals surface area contributed by atoms with Crippen LogP contribution < -0.4 is 14.9 Å². The van der Waals surface area contributed by atoms with Crippen LogP contribution in [0.25, 0.3) is 0 Å². The van der Waals surface area contributed by atoms with Crippen molar-refractivity contribution in [1.82, 2.24) is 0 Å². The summed E-state index contributed by atoms with van der Waals surface area (Å²) in [6.45, 7) is 6.60. The lowest BCUT2D eigenvalue weighted by atomic mass is 9.76. The molecule has 0 bridgehead atoms. The smallest absolute Gasteiger partial charge is 0.494 e. The molecule has 2 aromatic rings. The highest BCUT2D eigenvalue weighted by Crippen LogP contribution is 2.35. The summed E-state index contributed by atoms with van der Waals surface area (Å²) in [5.74, 6) is 1.85. The van der Waals surface area contributed by atoms with E-state index in [-0.39, 0.29) is 25.4 Å². The van der Waals surface area contributed by atoms with Crippen LogP contribution in [0.4, 0.5) is 0 Å². The molecule has 2 heterocycles. The van der Waals surface area contributed by atoms with Crippen LogP contribution >= 0.6 is 0 Å². The summed E-state index contributed by atoms with van der Waals surface area (Å²) in [4.78, 5) is 0. The molecular formula is C34H51BO5. The molecule has 0 unspecified atom stereocenters. The first-order valence-corrected chi connectivity index (χ1v) is 16.1. The van der Waals surface area contributed by atoms with Crippen LogP contribution in [-0.4, -0.2) is 39.1 Å². The van der Waals surface area contributed by atoms with Gasteiger partial charge in [0.2, 0.25) is 0 Å². The van der Waals surface area contributed by atoms with E-state index < -0.39 is 0 Å². The van der Waals surface area contributed by atoms with Crippen molar-refractivity contribution in [3.8, 4) is 11.5 Å². The Morgan fingerprint density at radius 3 is 1.82 bits per heavy atom. The molecular weight excluding hydrogens is 499 g/mol. The van der Waals surface area contributed by atoms with E-state index in [9.17, 15) is 0 Å². The monoisotopic (exact) mass is 550 g/mol. The Hall–Kier alpha value is -2.02. The third-order valence-corrected chi connectivity index (χ3v) is 8.11. The minimum atomic E-state index is -0.350. The summed E-state index contributed by atoms with van der Waals surface area (Å²) in [6, 6.07) is 16.6. The number of ether oxygens (including phenoxy) is 3. The molecule has 0 aliphatic carbocycles. The molecule has 2 aliphatic rings. The third-order valence-electron chi connectivity index (χ3n) is 8.11. The summed E-state index contributed by atoms with van der Waals surface area (Å²) in [7, 11) is -0.350. The fourth-order valence-electron chi connectivity index (χ4n) is 5.62. The quantitative estimate of drug-likeness (QED) is 0.138. The van der Waals surface area contributed by atoms with Crippen LogP contribution in [0.2, 0.25) is 0 Å². The largest absolute Gasteiger partial charge is 0.494 e. The molecule has 0 radical (unpaired) electrons. The van der Waals surface area contributed by atoms with Gasteiger partial charge in [0.25, 0.3) is 0 Å². The number of rotatable bonds is 18. The van der Waals surface area contributed by atoms with Crippen molar-refractivity contribution in [2.45, 2.75) is 122 Å². The van der Waals surface area contributed by atoms with E-state index in [0.29, 0.717) is 6.61 Å². The zero-order valence-corrected chi connectivity index (χ0v) is 25.0. The maximum atomic E-state index is 6.43. The molecule has 2 saturated heterocycles. The minimum Gasteiger partial charge on any atom is -0.494 e. The van der Waals surface area contributed by atoms with E-state index >= 15 is 0 Å². The van der Waals surface area contributed by atoms with E-state index in [1.165, 1.54) is 69.8 Å². The number of unbranched alkanes of at least 4 members (excludes halogenated alkanes) is 10. The molecule has 0 aromatic heterocycles. The lowest BCUT2D eigenvalue weighted by molar-refractivity contribution is -0.150. The third kappa shape index (κ3) is 10.1. The number of fused-ring (bicyclic) bond motifs is 1. The van der Waals surface area contributed by atoms with Crippen LogP contribution in [0.3, 0.4) is 0 Å². The Morgan fingerprint density at radius 2 is 1.20 bits per heavy atom. The average Bonchev–Trinajstić information content (AvgIpc) is 3.00. The lowest BCUT2D eigenvalue weighted by Gasteiger charge is -2.41. The molecule has 6 heteroatoms. The fourth-order valence-corrected chi connectivity index (χ4v) is 5.62. The van der Waals surface area contributed by atoms with E-state index in [1.807, 2.05) is 12.1 Å². The van der Waals surface area contributed by atoms with Crippen molar-refractivity contribution in [2.75, 3.05) is 19.8 Å². The molecule has 2 aromatic carbocycles. The van der Waals surface area contributed by atoms with Crippen molar-refractivity contribution in [3.63, 3.8) is 0 Å². The lowest BCUT2D eigenvalue weighted by Crippen LogP contribution is -2.54. The van der Waals surface area contributed by atoms with Gasteiger partial charge < -0.3 is 23.5 Å². The SMILES string of the molecule is CCCCCCCCCCOc1ccc(B2OC[C@H]3O[C@@H](c4ccc(OCCCCCC)cc4)CC[C@@H]3O2)cc1. The Labute approximate surface area is 243 Å². The molecule has 4 rings (SSSR count). The Balaban J connectivity index is 1.13. The van der Waals surface area contributed by atoms with Gasteiger partial charge in [-0.3, -0.25) is 0 Å². The van der Waals surface area contributed by atoms with Gasteiger partial charge in [-0.2, -0.15) is 0 Å². The van der Waals surface area contributed by atoms with Gasteiger partial charge in [-0.05, 0) is 61.0 Å². The Kier molecular flexibility index (Phi) is 13.7. The fraction of sp³-hybridized carbons (Fsp3) is 0.647. The first-order valence-electron chi connectivity index (χ1n) is 16.1. The topological polar surface area (TPSA) is 46.2 Å². The number of benzene rings is 2. The van der Waals surface area contributed by atoms with Gasteiger partial charge >= 0.3 is 7.12 Å². The van der Waals surface area contributed by atoms with E-state index in [1.54, 1.807) is 0 Å². The maximum Gasteiger partial charge on any atom is 0.494 e. The predicted octanol–water partition coefficient (Wildman–Crippen LogP) is 8.20. The Bertz CT molecular complexity index is 934.